The number of halogens is 2. The summed E-state index contributed by atoms with van der Waals surface area (Å²) in [6.07, 6.45) is 0. The number of pyridine rings is 1. The van der Waals surface area contributed by atoms with E-state index in [2.05, 4.69) is 20.1 Å². The Labute approximate surface area is 142 Å². The largest absolute Gasteiger partial charge is 0.491 e. The van der Waals surface area contributed by atoms with Crippen molar-refractivity contribution in [3.63, 3.8) is 0 Å². The molecule has 6 nitrogen and oxygen atoms in total. The molecule has 1 N–H and O–H groups in total. The first-order chi connectivity index (χ1) is 11.8. The van der Waals surface area contributed by atoms with E-state index < -0.39 is 23.3 Å². The van der Waals surface area contributed by atoms with Crippen LogP contribution in [0.15, 0.2) is 18.2 Å². The third-order valence-electron chi connectivity index (χ3n) is 3.80. The zero-order chi connectivity index (χ0) is 18.3. The summed E-state index contributed by atoms with van der Waals surface area (Å²) in [5, 5.41) is 7.37. The second-order valence-electron chi connectivity index (χ2n) is 5.65. The van der Waals surface area contributed by atoms with Crippen LogP contribution in [-0.4, -0.2) is 27.8 Å². The fourth-order valence-electron chi connectivity index (χ4n) is 2.77. The lowest BCUT2D eigenvalue weighted by Crippen LogP contribution is -2.14. The van der Waals surface area contributed by atoms with Gasteiger partial charge in [0.05, 0.1) is 23.8 Å². The summed E-state index contributed by atoms with van der Waals surface area (Å²) in [5.74, 6) is -2.79. The molecule has 0 spiro atoms. The number of hydrogen-bond donors (Lipinski definition) is 1. The van der Waals surface area contributed by atoms with Gasteiger partial charge >= 0.3 is 0 Å². The highest BCUT2D eigenvalue weighted by Gasteiger charge is 2.19. The van der Waals surface area contributed by atoms with Gasteiger partial charge in [-0.1, -0.05) is 0 Å². The summed E-state index contributed by atoms with van der Waals surface area (Å²) in [6, 6.07) is 3.62. The number of rotatable bonds is 3. The molecule has 2 aromatic heterocycles. The van der Waals surface area contributed by atoms with Crippen LogP contribution in [0.5, 0.6) is 5.75 Å². The molecule has 0 radical (unpaired) electrons. The number of nitrogens with zero attached hydrogens (tertiary/aromatic N) is 3. The topological polar surface area (TPSA) is 69.0 Å². The predicted octanol–water partition coefficient (Wildman–Crippen LogP) is 3.12. The van der Waals surface area contributed by atoms with Gasteiger partial charge in [-0.3, -0.25) is 9.48 Å². The van der Waals surface area contributed by atoms with Gasteiger partial charge in [0.15, 0.2) is 23.0 Å². The van der Waals surface area contributed by atoms with Gasteiger partial charge in [0, 0.05) is 30.6 Å². The van der Waals surface area contributed by atoms with Crippen molar-refractivity contribution in [1.29, 1.82) is 0 Å². The van der Waals surface area contributed by atoms with Crippen LogP contribution in [0.2, 0.25) is 0 Å². The first kappa shape index (κ1) is 16.8. The first-order valence-corrected chi connectivity index (χ1v) is 7.47. The molecule has 25 heavy (non-hydrogen) atoms. The molecule has 0 saturated carbocycles. The van der Waals surface area contributed by atoms with Gasteiger partial charge in [0.25, 0.3) is 5.91 Å². The molecule has 1 aromatic carbocycles. The van der Waals surface area contributed by atoms with E-state index in [0.717, 1.165) is 12.1 Å². The number of amides is 1. The number of hydrogen-bond acceptors (Lipinski definition) is 4. The van der Waals surface area contributed by atoms with Crippen LogP contribution in [0.4, 0.5) is 14.5 Å². The molecule has 0 fully saturated rings. The molecule has 0 bridgehead atoms. The van der Waals surface area contributed by atoms with Crippen molar-refractivity contribution in [3.8, 4) is 5.75 Å². The van der Waals surface area contributed by atoms with Crippen LogP contribution in [0.3, 0.4) is 0 Å². The van der Waals surface area contributed by atoms with Crippen molar-refractivity contribution in [2.24, 2.45) is 7.05 Å². The minimum absolute atomic E-state index is 0.00930. The molecule has 2 heterocycles. The number of carbonyl (C=O) groups is 1. The number of anilines is 1. The predicted molar refractivity (Wildman–Crippen MR) is 88.8 cm³/mol. The zero-order valence-electron chi connectivity index (χ0n) is 14.1. The highest BCUT2D eigenvalue weighted by atomic mass is 19.1. The molecule has 0 atom stereocenters. The summed E-state index contributed by atoms with van der Waals surface area (Å²) in [6.45, 7) is 3.52. The second-order valence-corrected chi connectivity index (χ2v) is 5.65. The number of methoxy groups -OCH3 is 1. The Balaban J connectivity index is 2.04. The highest BCUT2D eigenvalue weighted by Crippen LogP contribution is 2.27. The summed E-state index contributed by atoms with van der Waals surface area (Å²) in [7, 11) is 2.90. The molecule has 3 aromatic rings. The van der Waals surface area contributed by atoms with Gasteiger partial charge in [-0.15, -0.1) is 0 Å². The maximum atomic E-state index is 13.8. The minimum atomic E-state index is -0.897. The van der Waals surface area contributed by atoms with Crippen molar-refractivity contribution < 1.29 is 18.3 Å². The Bertz CT molecular complexity index is 975. The molecule has 0 aliphatic carbocycles. The standard InChI is InChI=1S/C17H16F2N4O2/c1-8-5-11(14-9(2)22-23(3)16(14)20-8)17(24)21-10-6-12(18)15(25-4)13(19)7-10/h5-7H,1-4H3,(H,21,24). The highest BCUT2D eigenvalue weighted by molar-refractivity contribution is 6.12. The van der Waals surface area contributed by atoms with Gasteiger partial charge in [0.1, 0.15) is 0 Å². The van der Waals surface area contributed by atoms with Crippen LogP contribution in [0.25, 0.3) is 11.0 Å². The number of ether oxygens (including phenoxy) is 1. The number of aromatic nitrogens is 3. The van der Waals surface area contributed by atoms with Crippen LogP contribution in [-0.2, 0) is 7.05 Å². The average Bonchev–Trinajstić information content (AvgIpc) is 2.80. The summed E-state index contributed by atoms with van der Waals surface area (Å²) < 4.78 is 33.8. The quantitative estimate of drug-likeness (QED) is 0.791. The summed E-state index contributed by atoms with van der Waals surface area (Å²) in [4.78, 5) is 17.0. The van der Waals surface area contributed by atoms with E-state index in [1.165, 1.54) is 7.11 Å². The average molecular weight is 346 g/mol. The molecule has 0 unspecified atom stereocenters. The van der Waals surface area contributed by atoms with E-state index in [-0.39, 0.29) is 5.69 Å². The Kier molecular flexibility index (Phi) is 4.12. The van der Waals surface area contributed by atoms with Gasteiger partial charge in [-0.25, -0.2) is 13.8 Å². The van der Waals surface area contributed by atoms with E-state index in [1.54, 1.807) is 31.6 Å². The van der Waals surface area contributed by atoms with Gasteiger partial charge in [-0.05, 0) is 19.9 Å². The van der Waals surface area contributed by atoms with E-state index in [1.807, 2.05) is 0 Å². The number of benzene rings is 1. The Morgan fingerprint density at radius 3 is 2.44 bits per heavy atom. The van der Waals surface area contributed by atoms with Crippen molar-refractivity contribution in [3.05, 3.63) is 46.8 Å². The third-order valence-corrected chi connectivity index (χ3v) is 3.80. The van der Waals surface area contributed by atoms with Gasteiger partial charge < -0.3 is 10.1 Å². The maximum Gasteiger partial charge on any atom is 0.256 e. The first-order valence-electron chi connectivity index (χ1n) is 7.47. The van der Waals surface area contributed by atoms with Crippen LogP contribution < -0.4 is 10.1 Å². The fourth-order valence-corrected chi connectivity index (χ4v) is 2.77. The molecule has 0 saturated heterocycles. The number of carbonyl (C=O) groups excluding carboxylic acids is 1. The van der Waals surface area contributed by atoms with Crippen LogP contribution in [0.1, 0.15) is 21.7 Å². The lowest BCUT2D eigenvalue weighted by molar-refractivity contribution is 0.102. The lowest BCUT2D eigenvalue weighted by atomic mass is 10.1. The van der Waals surface area contributed by atoms with Gasteiger partial charge in [-0.2, -0.15) is 5.10 Å². The van der Waals surface area contributed by atoms with Crippen molar-refractivity contribution in [2.45, 2.75) is 13.8 Å². The zero-order valence-corrected chi connectivity index (χ0v) is 14.1. The van der Waals surface area contributed by atoms with Crippen LogP contribution >= 0.6 is 0 Å². The van der Waals surface area contributed by atoms with Crippen molar-refractivity contribution in [1.82, 2.24) is 14.8 Å². The van der Waals surface area contributed by atoms with Crippen molar-refractivity contribution in [2.75, 3.05) is 12.4 Å². The molecule has 0 aliphatic rings. The number of nitrogens with one attached hydrogen (secondary N) is 1. The normalized spacial score (nSPS) is 11.0. The lowest BCUT2D eigenvalue weighted by Gasteiger charge is -2.10. The molecular weight excluding hydrogens is 330 g/mol. The van der Waals surface area contributed by atoms with Crippen LogP contribution in [0, 0.1) is 25.5 Å². The van der Waals surface area contributed by atoms with E-state index in [9.17, 15) is 13.6 Å². The van der Waals surface area contributed by atoms with E-state index >= 15 is 0 Å². The van der Waals surface area contributed by atoms with Gasteiger partial charge in [0.2, 0.25) is 0 Å². The molecule has 0 aliphatic heterocycles. The molecule has 8 heteroatoms. The molecule has 3 rings (SSSR count). The van der Waals surface area contributed by atoms with Crippen molar-refractivity contribution >= 4 is 22.6 Å². The minimum Gasteiger partial charge on any atom is -0.491 e. The SMILES string of the molecule is COc1c(F)cc(NC(=O)c2cc(C)nc3c2c(C)nn3C)cc1F. The monoisotopic (exact) mass is 346 g/mol. The summed E-state index contributed by atoms with van der Waals surface area (Å²) in [5.41, 5.74) is 2.17. The van der Waals surface area contributed by atoms with E-state index in [0.29, 0.717) is 28.0 Å². The smallest absolute Gasteiger partial charge is 0.256 e. The van der Waals surface area contributed by atoms with E-state index in [4.69, 9.17) is 0 Å². The third kappa shape index (κ3) is 2.90. The summed E-state index contributed by atoms with van der Waals surface area (Å²) >= 11 is 0. The Morgan fingerprint density at radius 2 is 1.84 bits per heavy atom. The molecule has 130 valence electrons. The molecular formula is C17H16F2N4O2. The number of fused-ring (bicyclic) bond motifs is 1. The maximum absolute atomic E-state index is 13.8. The molecule has 1 amide bonds. The second kappa shape index (κ2) is 6.12. The fraction of sp³-hybridized carbons (Fsp3) is 0.235. The Morgan fingerprint density at radius 1 is 1.20 bits per heavy atom. The number of aryl methyl sites for hydroxylation is 3. The Hall–Kier alpha value is -3.03.